The molecule has 1 rings (SSSR count). The van der Waals surface area contributed by atoms with Gasteiger partial charge >= 0.3 is 0 Å². The summed E-state index contributed by atoms with van der Waals surface area (Å²) in [5.74, 6) is 0.220. The highest BCUT2D eigenvalue weighted by molar-refractivity contribution is 9.10. The molecule has 1 aromatic carbocycles. The normalized spacial score (nSPS) is 15.0. The van der Waals surface area contributed by atoms with Gasteiger partial charge in [-0.25, -0.2) is 4.39 Å². The van der Waals surface area contributed by atoms with Gasteiger partial charge in [0.05, 0.1) is 12.1 Å². The summed E-state index contributed by atoms with van der Waals surface area (Å²) in [6.45, 7) is 4.21. The van der Waals surface area contributed by atoms with Crippen LogP contribution in [0, 0.1) is 11.7 Å². The molecule has 0 spiro atoms. The van der Waals surface area contributed by atoms with E-state index in [1.54, 1.807) is 6.07 Å². The van der Waals surface area contributed by atoms with Crippen molar-refractivity contribution in [2.45, 2.75) is 38.8 Å². The molecule has 0 aliphatic carbocycles. The molecule has 0 aromatic heterocycles. The largest absolute Gasteiger partial charge is 0.391 e. The van der Waals surface area contributed by atoms with Crippen LogP contribution in [0.15, 0.2) is 22.7 Å². The van der Waals surface area contributed by atoms with Gasteiger partial charge in [0.1, 0.15) is 5.82 Å². The Morgan fingerprint density at radius 3 is 2.53 bits per heavy atom. The Labute approximate surface area is 110 Å². The molecule has 17 heavy (non-hydrogen) atoms. The maximum Gasteiger partial charge on any atom is 0.124 e. The molecule has 0 heterocycles. The van der Waals surface area contributed by atoms with Crippen LogP contribution in [-0.4, -0.2) is 11.2 Å². The van der Waals surface area contributed by atoms with E-state index in [0.717, 1.165) is 12.0 Å². The smallest absolute Gasteiger partial charge is 0.124 e. The highest BCUT2D eigenvalue weighted by atomic mass is 79.9. The maximum absolute atomic E-state index is 12.9. The first-order valence-corrected chi connectivity index (χ1v) is 6.59. The van der Waals surface area contributed by atoms with E-state index in [9.17, 15) is 9.50 Å². The third-order valence-corrected chi connectivity index (χ3v) is 3.46. The Morgan fingerprint density at radius 1 is 1.35 bits per heavy atom. The Kier molecular flexibility index (Phi) is 5.56. The average Bonchev–Trinajstić information content (AvgIpc) is 2.25. The van der Waals surface area contributed by atoms with Gasteiger partial charge in [-0.05, 0) is 36.5 Å². The number of halogens is 2. The van der Waals surface area contributed by atoms with Gasteiger partial charge < -0.3 is 10.8 Å². The topological polar surface area (TPSA) is 46.2 Å². The summed E-state index contributed by atoms with van der Waals surface area (Å²) in [7, 11) is 0. The van der Waals surface area contributed by atoms with Gasteiger partial charge in [-0.15, -0.1) is 0 Å². The summed E-state index contributed by atoms with van der Waals surface area (Å²) >= 11 is 3.26. The molecule has 0 aliphatic heterocycles. The first kappa shape index (κ1) is 14.6. The zero-order chi connectivity index (χ0) is 13.0. The molecule has 0 unspecified atom stereocenters. The highest BCUT2D eigenvalue weighted by Crippen LogP contribution is 2.26. The van der Waals surface area contributed by atoms with Crippen LogP contribution in [0.5, 0.6) is 0 Å². The van der Waals surface area contributed by atoms with E-state index in [2.05, 4.69) is 29.8 Å². The Morgan fingerprint density at radius 2 is 2.00 bits per heavy atom. The third kappa shape index (κ3) is 4.37. The lowest BCUT2D eigenvalue weighted by molar-refractivity contribution is 0.128. The van der Waals surface area contributed by atoms with Gasteiger partial charge in [-0.3, -0.25) is 0 Å². The van der Waals surface area contributed by atoms with E-state index in [0.29, 0.717) is 16.8 Å². The van der Waals surface area contributed by atoms with Crippen LogP contribution in [0.2, 0.25) is 0 Å². The number of hydrogen-bond acceptors (Lipinski definition) is 2. The van der Waals surface area contributed by atoms with E-state index < -0.39 is 12.1 Å². The first-order valence-electron chi connectivity index (χ1n) is 5.80. The second-order valence-electron chi connectivity index (χ2n) is 4.73. The zero-order valence-corrected chi connectivity index (χ0v) is 11.7. The number of benzene rings is 1. The number of rotatable bonds is 5. The molecule has 0 saturated heterocycles. The molecule has 3 N–H and O–H groups in total. The number of hydrogen-bond donors (Lipinski definition) is 2. The van der Waals surface area contributed by atoms with Crippen molar-refractivity contribution in [3.63, 3.8) is 0 Å². The highest BCUT2D eigenvalue weighted by Gasteiger charge is 2.19. The fourth-order valence-electron chi connectivity index (χ4n) is 1.66. The molecule has 0 radical (unpaired) electrons. The predicted molar refractivity (Wildman–Crippen MR) is 71.1 cm³/mol. The van der Waals surface area contributed by atoms with Gasteiger partial charge in [0.2, 0.25) is 0 Å². The van der Waals surface area contributed by atoms with Crippen molar-refractivity contribution in [2.24, 2.45) is 11.7 Å². The molecule has 0 aliphatic rings. The minimum Gasteiger partial charge on any atom is -0.391 e. The Bertz CT molecular complexity index is 370. The molecule has 2 nitrogen and oxygen atoms in total. The molecule has 1 aromatic rings. The monoisotopic (exact) mass is 303 g/mol. The van der Waals surface area contributed by atoms with E-state index in [1.807, 2.05) is 0 Å². The lowest BCUT2D eigenvalue weighted by Gasteiger charge is -2.21. The number of aliphatic hydroxyl groups is 1. The first-order chi connectivity index (χ1) is 7.91. The quantitative estimate of drug-likeness (QED) is 0.876. The van der Waals surface area contributed by atoms with Crippen molar-refractivity contribution >= 4 is 15.9 Å². The SMILES string of the molecule is CC(C)CC[C@@H](O)[C@@H](N)c1ccc(F)cc1Br. The molecular formula is C13H19BrFNO. The molecule has 4 heteroatoms. The Hall–Kier alpha value is -0.450. The molecule has 0 saturated carbocycles. The zero-order valence-electron chi connectivity index (χ0n) is 10.2. The molecular weight excluding hydrogens is 285 g/mol. The van der Waals surface area contributed by atoms with E-state index in [-0.39, 0.29) is 5.82 Å². The van der Waals surface area contributed by atoms with Crippen molar-refractivity contribution in [3.05, 3.63) is 34.1 Å². The van der Waals surface area contributed by atoms with Crippen LogP contribution in [0.1, 0.15) is 38.3 Å². The third-order valence-electron chi connectivity index (χ3n) is 2.78. The molecule has 0 amide bonds. The van der Waals surface area contributed by atoms with Crippen molar-refractivity contribution in [1.82, 2.24) is 0 Å². The van der Waals surface area contributed by atoms with Gasteiger partial charge in [-0.2, -0.15) is 0 Å². The van der Waals surface area contributed by atoms with Gasteiger partial charge in [0.15, 0.2) is 0 Å². The van der Waals surface area contributed by atoms with Crippen LogP contribution in [0.3, 0.4) is 0 Å². The van der Waals surface area contributed by atoms with Crippen LogP contribution in [0.4, 0.5) is 4.39 Å². The lowest BCUT2D eigenvalue weighted by atomic mass is 9.96. The van der Waals surface area contributed by atoms with Crippen molar-refractivity contribution < 1.29 is 9.50 Å². The summed E-state index contributed by atoms with van der Waals surface area (Å²) in [5, 5.41) is 9.97. The summed E-state index contributed by atoms with van der Waals surface area (Å²) in [6.07, 6.45) is 0.982. The van der Waals surface area contributed by atoms with Crippen molar-refractivity contribution in [3.8, 4) is 0 Å². The standard InChI is InChI=1S/C13H19BrFNO/c1-8(2)3-6-12(17)13(16)10-5-4-9(15)7-11(10)14/h4-5,7-8,12-13,17H,3,6,16H2,1-2H3/t12-,13+/m1/s1. The van der Waals surface area contributed by atoms with Gasteiger partial charge in [0, 0.05) is 4.47 Å². The lowest BCUT2D eigenvalue weighted by Crippen LogP contribution is -2.26. The van der Waals surface area contributed by atoms with Crippen LogP contribution in [-0.2, 0) is 0 Å². The second-order valence-corrected chi connectivity index (χ2v) is 5.58. The Balaban J connectivity index is 2.71. The fraction of sp³-hybridized carbons (Fsp3) is 0.538. The number of nitrogens with two attached hydrogens (primary N) is 1. The minimum absolute atomic E-state index is 0.315. The van der Waals surface area contributed by atoms with E-state index in [4.69, 9.17) is 5.73 Å². The van der Waals surface area contributed by atoms with Crippen LogP contribution < -0.4 is 5.73 Å². The molecule has 2 atom stereocenters. The van der Waals surface area contributed by atoms with Gasteiger partial charge in [0.25, 0.3) is 0 Å². The average molecular weight is 304 g/mol. The van der Waals surface area contributed by atoms with E-state index >= 15 is 0 Å². The number of aliphatic hydroxyl groups excluding tert-OH is 1. The summed E-state index contributed by atoms with van der Waals surface area (Å²) in [6, 6.07) is 3.85. The molecule has 96 valence electrons. The molecule has 0 bridgehead atoms. The van der Waals surface area contributed by atoms with Crippen molar-refractivity contribution in [2.75, 3.05) is 0 Å². The van der Waals surface area contributed by atoms with Gasteiger partial charge in [-0.1, -0.05) is 35.8 Å². The fourth-order valence-corrected chi connectivity index (χ4v) is 2.28. The second kappa shape index (κ2) is 6.47. The van der Waals surface area contributed by atoms with Crippen molar-refractivity contribution in [1.29, 1.82) is 0 Å². The van der Waals surface area contributed by atoms with Crippen LogP contribution in [0.25, 0.3) is 0 Å². The van der Waals surface area contributed by atoms with Crippen LogP contribution >= 0.6 is 15.9 Å². The minimum atomic E-state index is -0.598. The summed E-state index contributed by atoms with van der Waals surface area (Å²) in [4.78, 5) is 0. The predicted octanol–water partition coefficient (Wildman–Crippen LogP) is 3.39. The summed E-state index contributed by atoms with van der Waals surface area (Å²) in [5.41, 5.74) is 6.71. The summed E-state index contributed by atoms with van der Waals surface area (Å²) < 4.78 is 13.5. The maximum atomic E-state index is 12.9. The van der Waals surface area contributed by atoms with E-state index in [1.165, 1.54) is 12.1 Å². The molecule has 0 fully saturated rings.